The fourth-order valence-electron chi connectivity index (χ4n) is 1.71. The molecule has 0 spiro atoms. The molecular formula is C12H16ClN3O3. The molecule has 1 heterocycles. The minimum Gasteiger partial charge on any atom is -0.338 e. The SMILES string of the molecule is CCN(CC(C)C)C(=O)c1cc(Cl)ncc1[N+](=O)[O-]. The second-order valence-corrected chi connectivity index (χ2v) is 4.91. The number of amides is 1. The van der Waals surface area contributed by atoms with Crippen LogP contribution in [0.15, 0.2) is 12.3 Å². The van der Waals surface area contributed by atoms with Gasteiger partial charge in [0.05, 0.1) is 4.92 Å². The molecule has 1 aromatic heterocycles. The molecule has 1 aromatic rings. The van der Waals surface area contributed by atoms with Crippen molar-refractivity contribution in [2.75, 3.05) is 13.1 Å². The van der Waals surface area contributed by atoms with E-state index >= 15 is 0 Å². The molecule has 0 aromatic carbocycles. The molecule has 7 heteroatoms. The third-order valence-electron chi connectivity index (χ3n) is 2.53. The molecule has 0 radical (unpaired) electrons. The Morgan fingerprint density at radius 1 is 1.58 bits per heavy atom. The Hall–Kier alpha value is -1.69. The zero-order chi connectivity index (χ0) is 14.6. The second kappa shape index (κ2) is 6.47. The van der Waals surface area contributed by atoms with Crippen molar-refractivity contribution in [3.8, 4) is 0 Å². The predicted octanol–water partition coefficient (Wildman–Crippen LogP) is 2.76. The zero-order valence-corrected chi connectivity index (χ0v) is 11.8. The fraction of sp³-hybridized carbons (Fsp3) is 0.500. The van der Waals surface area contributed by atoms with E-state index in [2.05, 4.69) is 4.98 Å². The highest BCUT2D eigenvalue weighted by molar-refractivity contribution is 6.29. The van der Waals surface area contributed by atoms with Gasteiger partial charge in [-0.05, 0) is 18.9 Å². The highest BCUT2D eigenvalue weighted by Gasteiger charge is 2.25. The summed E-state index contributed by atoms with van der Waals surface area (Å²) in [5, 5.41) is 11.0. The van der Waals surface area contributed by atoms with Crippen LogP contribution in [0.4, 0.5) is 5.69 Å². The summed E-state index contributed by atoms with van der Waals surface area (Å²) in [6, 6.07) is 1.24. The number of carbonyl (C=O) groups excluding carboxylic acids is 1. The van der Waals surface area contributed by atoms with Crippen LogP contribution in [0, 0.1) is 16.0 Å². The van der Waals surface area contributed by atoms with E-state index in [1.807, 2.05) is 20.8 Å². The van der Waals surface area contributed by atoms with Gasteiger partial charge in [-0.1, -0.05) is 25.4 Å². The van der Waals surface area contributed by atoms with Gasteiger partial charge in [-0.25, -0.2) is 4.98 Å². The van der Waals surface area contributed by atoms with Crippen LogP contribution in [0.2, 0.25) is 5.15 Å². The number of halogens is 1. The van der Waals surface area contributed by atoms with Crippen LogP contribution < -0.4 is 0 Å². The van der Waals surface area contributed by atoms with Gasteiger partial charge in [-0.15, -0.1) is 0 Å². The number of hydrogen-bond donors (Lipinski definition) is 0. The van der Waals surface area contributed by atoms with Crippen LogP contribution in [-0.2, 0) is 0 Å². The maximum absolute atomic E-state index is 12.3. The predicted molar refractivity (Wildman–Crippen MR) is 72.3 cm³/mol. The van der Waals surface area contributed by atoms with Gasteiger partial charge in [0.15, 0.2) is 0 Å². The van der Waals surface area contributed by atoms with Crippen molar-refractivity contribution in [2.45, 2.75) is 20.8 Å². The Kier molecular flexibility index (Phi) is 5.23. The van der Waals surface area contributed by atoms with Gasteiger partial charge in [-0.3, -0.25) is 14.9 Å². The molecule has 1 rings (SSSR count). The molecule has 0 atom stereocenters. The number of hydrogen-bond acceptors (Lipinski definition) is 4. The molecule has 1 amide bonds. The Morgan fingerprint density at radius 2 is 2.21 bits per heavy atom. The molecule has 19 heavy (non-hydrogen) atoms. The van der Waals surface area contributed by atoms with Crippen molar-refractivity contribution >= 4 is 23.2 Å². The van der Waals surface area contributed by atoms with Gasteiger partial charge in [0.1, 0.15) is 16.9 Å². The lowest BCUT2D eigenvalue weighted by Gasteiger charge is -2.22. The summed E-state index contributed by atoms with van der Waals surface area (Å²) in [6.45, 7) is 6.79. The Balaban J connectivity index is 3.16. The zero-order valence-electron chi connectivity index (χ0n) is 11.1. The van der Waals surface area contributed by atoms with Crippen LogP contribution in [0.3, 0.4) is 0 Å². The fourth-order valence-corrected chi connectivity index (χ4v) is 1.86. The van der Waals surface area contributed by atoms with E-state index < -0.39 is 10.8 Å². The Morgan fingerprint density at radius 3 is 2.68 bits per heavy atom. The van der Waals surface area contributed by atoms with Crippen LogP contribution in [0.1, 0.15) is 31.1 Å². The van der Waals surface area contributed by atoms with E-state index in [1.54, 1.807) is 4.90 Å². The number of nitrogens with zero attached hydrogens (tertiary/aromatic N) is 3. The third kappa shape index (κ3) is 3.89. The van der Waals surface area contributed by atoms with Crippen molar-refractivity contribution in [3.63, 3.8) is 0 Å². The van der Waals surface area contributed by atoms with E-state index in [0.29, 0.717) is 13.1 Å². The normalized spacial score (nSPS) is 10.6. The first-order valence-electron chi connectivity index (χ1n) is 5.96. The summed E-state index contributed by atoms with van der Waals surface area (Å²) < 4.78 is 0. The van der Waals surface area contributed by atoms with Crippen LogP contribution >= 0.6 is 11.6 Å². The quantitative estimate of drug-likeness (QED) is 0.473. The third-order valence-corrected chi connectivity index (χ3v) is 2.74. The number of pyridine rings is 1. The smallest absolute Gasteiger partial charge is 0.300 e. The van der Waals surface area contributed by atoms with Gasteiger partial charge in [0.2, 0.25) is 0 Å². The summed E-state index contributed by atoms with van der Waals surface area (Å²) in [5.41, 5.74) is -0.343. The molecule has 0 saturated carbocycles. The van der Waals surface area contributed by atoms with E-state index in [-0.39, 0.29) is 22.3 Å². The topological polar surface area (TPSA) is 76.3 Å². The largest absolute Gasteiger partial charge is 0.338 e. The van der Waals surface area contributed by atoms with Crippen LogP contribution in [0.25, 0.3) is 0 Å². The molecule has 0 unspecified atom stereocenters. The maximum Gasteiger partial charge on any atom is 0.300 e. The Bertz CT molecular complexity index is 491. The average Bonchev–Trinajstić information content (AvgIpc) is 2.34. The lowest BCUT2D eigenvalue weighted by molar-refractivity contribution is -0.385. The molecule has 0 saturated heterocycles. The lowest BCUT2D eigenvalue weighted by atomic mass is 10.1. The van der Waals surface area contributed by atoms with E-state index in [4.69, 9.17) is 11.6 Å². The Labute approximate surface area is 116 Å². The molecule has 0 aliphatic rings. The van der Waals surface area contributed by atoms with Crippen LogP contribution in [-0.4, -0.2) is 33.8 Å². The monoisotopic (exact) mass is 285 g/mol. The first-order chi connectivity index (χ1) is 8.86. The molecule has 0 fully saturated rings. The van der Waals surface area contributed by atoms with Gasteiger partial charge >= 0.3 is 0 Å². The van der Waals surface area contributed by atoms with Gasteiger partial charge < -0.3 is 4.90 Å². The molecule has 0 aliphatic heterocycles. The van der Waals surface area contributed by atoms with Gasteiger partial charge in [0.25, 0.3) is 11.6 Å². The highest BCUT2D eigenvalue weighted by atomic mass is 35.5. The first-order valence-corrected chi connectivity index (χ1v) is 6.33. The van der Waals surface area contributed by atoms with Gasteiger partial charge in [0, 0.05) is 13.1 Å². The summed E-state index contributed by atoms with van der Waals surface area (Å²) in [5.74, 6) is -0.118. The summed E-state index contributed by atoms with van der Waals surface area (Å²) >= 11 is 5.71. The van der Waals surface area contributed by atoms with Crippen molar-refractivity contribution in [3.05, 3.63) is 33.1 Å². The molecule has 6 nitrogen and oxygen atoms in total. The average molecular weight is 286 g/mol. The van der Waals surface area contributed by atoms with Crippen molar-refractivity contribution in [2.24, 2.45) is 5.92 Å². The molecule has 104 valence electrons. The van der Waals surface area contributed by atoms with Crippen molar-refractivity contribution in [1.82, 2.24) is 9.88 Å². The molecule has 0 N–H and O–H groups in total. The highest BCUT2D eigenvalue weighted by Crippen LogP contribution is 2.22. The summed E-state index contributed by atoms with van der Waals surface area (Å²) in [4.78, 5) is 27.8. The minimum atomic E-state index is -0.625. The number of carbonyl (C=O) groups is 1. The number of rotatable bonds is 5. The van der Waals surface area contributed by atoms with Crippen molar-refractivity contribution < 1.29 is 9.72 Å². The van der Waals surface area contributed by atoms with Gasteiger partial charge in [-0.2, -0.15) is 0 Å². The molecule has 0 bridgehead atoms. The molecule has 0 aliphatic carbocycles. The standard InChI is InChI=1S/C12H16ClN3O3/c1-4-15(7-8(2)3)12(17)9-5-11(13)14-6-10(9)16(18)19/h5-6,8H,4,7H2,1-3H3. The maximum atomic E-state index is 12.3. The minimum absolute atomic E-state index is 0.0208. The second-order valence-electron chi connectivity index (χ2n) is 4.52. The van der Waals surface area contributed by atoms with E-state index in [1.165, 1.54) is 6.07 Å². The first kappa shape index (κ1) is 15.4. The summed E-state index contributed by atoms with van der Waals surface area (Å²) in [6.07, 6.45) is 1.01. The van der Waals surface area contributed by atoms with Crippen LogP contribution in [0.5, 0.6) is 0 Å². The van der Waals surface area contributed by atoms with E-state index in [9.17, 15) is 14.9 Å². The number of aromatic nitrogens is 1. The van der Waals surface area contributed by atoms with E-state index in [0.717, 1.165) is 6.20 Å². The van der Waals surface area contributed by atoms with Crippen molar-refractivity contribution in [1.29, 1.82) is 0 Å². The lowest BCUT2D eigenvalue weighted by Crippen LogP contribution is -2.34. The summed E-state index contributed by atoms with van der Waals surface area (Å²) in [7, 11) is 0. The number of nitro groups is 1. The molecular weight excluding hydrogens is 270 g/mol.